The quantitative estimate of drug-likeness (QED) is 0.572. The average molecular weight is 429 g/mol. The van der Waals surface area contributed by atoms with Gasteiger partial charge in [0.05, 0.1) is 11.2 Å². The maximum Gasteiger partial charge on any atom is 0.276 e. The molecule has 0 radical (unpaired) electrons. The zero-order valence-electron chi connectivity index (χ0n) is 16.1. The molecule has 3 aromatic rings. The second-order valence-electron chi connectivity index (χ2n) is 6.83. The summed E-state index contributed by atoms with van der Waals surface area (Å²) in [6.07, 6.45) is 1.49. The molecular weight excluding hydrogens is 410 g/mol. The molecule has 9 nitrogen and oxygen atoms in total. The van der Waals surface area contributed by atoms with Gasteiger partial charge in [0, 0.05) is 37.8 Å². The van der Waals surface area contributed by atoms with Crippen LogP contribution in [0.5, 0.6) is 0 Å². The third-order valence-electron chi connectivity index (χ3n) is 4.92. The highest BCUT2D eigenvalue weighted by molar-refractivity contribution is 7.89. The van der Waals surface area contributed by atoms with E-state index in [0.717, 1.165) is 0 Å². The van der Waals surface area contributed by atoms with Crippen LogP contribution in [-0.2, 0) is 10.0 Å². The van der Waals surface area contributed by atoms with Gasteiger partial charge in [0.15, 0.2) is 17.2 Å². The second kappa shape index (κ2) is 7.88. The molecule has 0 N–H and O–H groups in total. The summed E-state index contributed by atoms with van der Waals surface area (Å²) in [5, 5.41) is 3.80. The Morgan fingerprint density at radius 3 is 2.30 bits per heavy atom. The minimum absolute atomic E-state index is 0.117. The molecule has 1 aromatic carbocycles. The van der Waals surface area contributed by atoms with Gasteiger partial charge < -0.3 is 13.8 Å². The van der Waals surface area contributed by atoms with Gasteiger partial charge in [-0.05, 0) is 31.2 Å². The molecule has 0 bridgehead atoms. The first kappa shape index (κ1) is 20.0. The van der Waals surface area contributed by atoms with Gasteiger partial charge in [0.25, 0.3) is 5.91 Å². The van der Waals surface area contributed by atoms with E-state index >= 15 is 0 Å². The fraction of sp³-hybridized carbons (Fsp3) is 0.250. The van der Waals surface area contributed by atoms with Gasteiger partial charge >= 0.3 is 0 Å². The number of Topliss-reactive ketones (excluding diaryl/α,β-unsaturated/α-hetero) is 1. The van der Waals surface area contributed by atoms with E-state index in [1.165, 1.54) is 52.7 Å². The molecule has 156 valence electrons. The molecule has 0 atom stereocenters. The van der Waals surface area contributed by atoms with Crippen molar-refractivity contribution in [2.75, 3.05) is 26.2 Å². The molecule has 1 amide bonds. The molecule has 2 aromatic heterocycles. The van der Waals surface area contributed by atoms with E-state index in [-0.39, 0.29) is 48.5 Å². The number of amides is 1. The van der Waals surface area contributed by atoms with E-state index in [1.807, 2.05) is 0 Å². The smallest absolute Gasteiger partial charge is 0.276 e. The Labute approximate surface area is 172 Å². The predicted octanol–water partition coefficient (Wildman–Crippen LogP) is 2.28. The third kappa shape index (κ3) is 3.79. The van der Waals surface area contributed by atoms with Gasteiger partial charge in [0.2, 0.25) is 15.8 Å². The summed E-state index contributed by atoms with van der Waals surface area (Å²) in [6.45, 7) is 2.20. The van der Waals surface area contributed by atoms with Crippen LogP contribution in [0, 0.1) is 0 Å². The molecule has 0 spiro atoms. The van der Waals surface area contributed by atoms with Gasteiger partial charge in [-0.25, -0.2) is 8.42 Å². The van der Waals surface area contributed by atoms with Crippen LogP contribution < -0.4 is 0 Å². The molecule has 0 unspecified atom stereocenters. The number of furan rings is 1. The van der Waals surface area contributed by atoms with Crippen molar-refractivity contribution < 1.29 is 26.9 Å². The number of aromatic nitrogens is 1. The number of sulfonamides is 1. The molecule has 1 aliphatic heterocycles. The number of benzene rings is 1. The van der Waals surface area contributed by atoms with Crippen LogP contribution in [0.4, 0.5) is 0 Å². The highest BCUT2D eigenvalue weighted by Gasteiger charge is 2.31. The van der Waals surface area contributed by atoms with Gasteiger partial charge in [-0.2, -0.15) is 4.31 Å². The third-order valence-corrected chi connectivity index (χ3v) is 6.83. The Kier molecular flexibility index (Phi) is 5.27. The molecule has 1 fully saturated rings. The topological polar surface area (TPSA) is 114 Å². The maximum absolute atomic E-state index is 12.8. The number of carbonyl (C=O) groups is 2. The van der Waals surface area contributed by atoms with Crippen LogP contribution in [-0.4, -0.2) is 60.6 Å². The molecule has 30 heavy (non-hydrogen) atoms. The summed E-state index contributed by atoms with van der Waals surface area (Å²) < 4.78 is 37.4. The van der Waals surface area contributed by atoms with Crippen molar-refractivity contribution in [1.82, 2.24) is 14.4 Å². The number of hydrogen-bond acceptors (Lipinski definition) is 7. The molecule has 4 rings (SSSR count). The number of piperazine rings is 1. The Morgan fingerprint density at radius 1 is 1.00 bits per heavy atom. The van der Waals surface area contributed by atoms with E-state index in [1.54, 1.807) is 12.1 Å². The maximum atomic E-state index is 12.8. The Hall–Kier alpha value is -3.24. The highest BCUT2D eigenvalue weighted by atomic mass is 32.2. The lowest BCUT2D eigenvalue weighted by molar-refractivity contribution is 0.0687. The molecule has 1 aliphatic rings. The number of hydrogen-bond donors (Lipinski definition) is 0. The first-order valence-electron chi connectivity index (χ1n) is 9.27. The zero-order chi connectivity index (χ0) is 21.3. The number of nitrogens with zero attached hydrogens (tertiary/aromatic N) is 3. The molecular formula is C20H19N3O6S. The van der Waals surface area contributed by atoms with Crippen molar-refractivity contribution in [2.45, 2.75) is 11.8 Å². The molecule has 0 aliphatic carbocycles. The standard InChI is InChI=1S/C20H19N3O6S/c1-14(24)15-4-6-16(7-5-15)30(26,27)23-10-8-22(9-11-23)20(25)17-13-19(29-21-17)18-3-2-12-28-18/h2-7,12-13H,8-11H2,1H3. The normalized spacial score (nSPS) is 15.3. The van der Waals surface area contributed by atoms with E-state index in [0.29, 0.717) is 17.1 Å². The first-order valence-corrected chi connectivity index (χ1v) is 10.7. The predicted molar refractivity (Wildman–Crippen MR) is 105 cm³/mol. The van der Waals surface area contributed by atoms with Crippen LogP contribution in [0.1, 0.15) is 27.8 Å². The van der Waals surface area contributed by atoms with Crippen LogP contribution in [0.25, 0.3) is 11.5 Å². The summed E-state index contributed by atoms with van der Waals surface area (Å²) >= 11 is 0. The largest absolute Gasteiger partial charge is 0.461 e. The van der Waals surface area contributed by atoms with Crippen molar-refractivity contribution in [2.24, 2.45) is 0 Å². The highest BCUT2D eigenvalue weighted by Crippen LogP contribution is 2.22. The second-order valence-corrected chi connectivity index (χ2v) is 8.77. The van der Waals surface area contributed by atoms with E-state index in [9.17, 15) is 18.0 Å². The van der Waals surface area contributed by atoms with Gasteiger partial charge in [0.1, 0.15) is 0 Å². The van der Waals surface area contributed by atoms with Crippen molar-refractivity contribution in [3.05, 3.63) is 60.0 Å². The van der Waals surface area contributed by atoms with Crippen LogP contribution in [0.15, 0.2) is 62.6 Å². The minimum Gasteiger partial charge on any atom is -0.461 e. The number of carbonyl (C=O) groups excluding carboxylic acids is 2. The van der Waals surface area contributed by atoms with Crippen LogP contribution in [0.3, 0.4) is 0 Å². The summed E-state index contributed by atoms with van der Waals surface area (Å²) in [5.74, 6) is 0.348. The summed E-state index contributed by atoms with van der Waals surface area (Å²) in [5.41, 5.74) is 0.587. The minimum atomic E-state index is -3.71. The average Bonchev–Trinajstić information content (AvgIpc) is 3.45. The Bertz CT molecular complexity index is 1160. The van der Waals surface area contributed by atoms with Gasteiger partial charge in [-0.3, -0.25) is 9.59 Å². The van der Waals surface area contributed by atoms with Gasteiger partial charge in [-0.1, -0.05) is 17.3 Å². The summed E-state index contributed by atoms with van der Waals surface area (Å²) in [6, 6.07) is 10.7. The van der Waals surface area contributed by atoms with E-state index in [2.05, 4.69) is 5.16 Å². The van der Waals surface area contributed by atoms with Crippen molar-refractivity contribution in [3.8, 4) is 11.5 Å². The van der Waals surface area contributed by atoms with Crippen LogP contribution >= 0.6 is 0 Å². The van der Waals surface area contributed by atoms with Crippen LogP contribution in [0.2, 0.25) is 0 Å². The van der Waals surface area contributed by atoms with E-state index in [4.69, 9.17) is 8.94 Å². The SMILES string of the molecule is CC(=O)c1ccc(S(=O)(=O)N2CCN(C(=O)c3cc(-c4ccco4)on3)CC2)cc1. The lowest BCUT2D eigenvalue weighted by atomic mass is 10.2. The van der Waals surface area contributed by atoms with Crippen molar-refractivity contribution >= 4 is 21.7 Å². The lowest BCUT2D eigenvalue weighted by Gasteiger charge is -2.33. The number of rotatable bonds is 5. The Balaban J connectivity index is 1.42. The lowest BCUT2D eigenvalue weighted by Crippen LogP contribution is -2.50. The first-order chi connectivity index (χ1) is 14.4. The molecule has 1 saturated heterocycles. The fourth-order valence-corrected chi connectivity index (χ4v) is 4.64. The van der Waals surface area contributed by atoms with Crippen molar-refractivity contribution in [3.63, 3.8) is 0 Å². The van der Waals surface area contributed by atoms with E-state index < -0.39 is 10.0 Å². The fourth-order valence-electron chi connectivity index (χ4n) is 3.22. The summed E-state index contributed by atoms with van der Waals surface area (Å²) in [4.78, 5) is 25.7. The molecule has 3 heterocycles. The van der Waals surface area contributed by atoms with Gasteiger partial charge in [-0.15, -0.1) is 0 Å². The molecule has 0 saturated carbocycles. The monoisotopic (exact) mass is 429 g/mol. The number of ketones is 1. The molecule has 10 heteroatoms. The summed E-state index contributed by atoms with van der Waals surface area (Å²) in [7, 11) is -3.71. The van der Waals surface area contributed by atoms with Crippen molar-refractivity contribution in [1.29, 1.82) is 0 Å². The Morgan fingerprint density at radius 2 is 1.70 bits per heavy atom. The zero-order valence-corrected chi connectivity index (χ0v) is 17.0.